The summed E-state index contributed by atoms with van der Waals surface area (Å²) in [5.74, 6) is 1.49. The first kappa shape index (κ1) is 16.4. The first-order valence-corrected chi connectivity index (χ1v) is 7.68. The second-order valence-corrected chi connectivity index (χ2v) is 5.86. The summed E-state index contributed by atoms with van der Waals surface area (Å²) < 4.78 is 12.3. The van der Waals surface area contributed by atoms with Gasteiger partial charge in [-0.25, -0.2) is 0 Å². The van der Waals surface area contributed by atoms with Crippen molar-refractivity contribution in [2.45, 2.75) is 13.8 Å². The monoisotopic (exact) mass is 363 g/mol. The Kier molecular flexibility index (Phi) is 5.83. The standard InChI is InChI=1S/C17H18BrNO3/c1-12-7-13(2)9-16(8-12)21-5-6-22-17-4-3-15(18)10-14(17)11-19-20/h3-4,7-11,20H,5-6H2,1-2H3. The van der Waals surface area contributed by atoms with Crippen LogP contribution in [-0.2, 0) is 0 Å². The molecular weight excluding hydrogens is 346 g/mol. The molecule has 2 aromatic carbocycles. The van der Waals surface area contributed by atoms with Gasteiger partial charge in [0.2, 0.25) is 0 Å². The molecule has 0 bridgehead atoms. The summed E-state index contributed by atoms with van der Waals surface area (Å²) in [6.07, 6.45) is 1.34. The van der Waals surface area contributed by atoms with E-state index in [0.29, 0.717) is 24.5 Å². The van der Waals surface area contributed by atoms with Crippen LogP contribution in [0.15, 0.2) is 46.0 Å². The van der Waals surface area contributed by atoms with Gasteiger partial charge in [-0.1, -0.05) is 27.2 Å². The maximum Gasteiger partial charge on any atom is 0.128 e. The molecule has 0 amide bonds. The lowest BCUT2D eigenvalue weighted by atomic mass is 10.1. The van der Waals surface area contributed by atoms with Gasteiger partial charge < -0.3 is 14.7 Å². The maximum absolute atomic E-state index is 8.68. The smallest absolute Gasteiger partial charge is 0.128 e. The number of nitrogens with zero attached hydrogens (tertiary/aromatic N) is 1. The Morgan fingerprint density at radius 3 is 2.41 bits per heavy atom. The van der Waals surface area contributed by atoms with Crippen LogP contribution in [0.2, 0.25) is 0 Å². The van der Waals surface area contributed by atoms with Gasteiger partial charge in [0.1, 0.15) is 24.7 Å². The molecule has 0 spiro atoms. The van der Waals surface area contributed by atoms with E-state index < -0.39 is 0 Å². The molecule has 5 heteroatoms. The van der Waals surface area contributed by atoms with Crippen LogP contribution in [0.3, 0.4) is 0 Å². The van der Waals surface area contributed by atoms with Crippen LogP contribution in [0.5, 0.6) is 11.5 Å². The van der Waals surface area contributed by atoms with Crippen molar-refractivity contribution < 1.29 is 14.7 Å². The highest BCUT2D eigenvalue weighted by Crippen LogP contribution is 2.22. The molecule has 2 rings (SSSR count). The number of hydrogen-bond acceptors (Lipinski definition) is 4. The Balaban J connectivity index is 1.91. The molecule has 2 aromatic rings. The molecular formula is C17H18BrNO3. The average Bonchev–Trinajstić information content (AvgIpc) is 2.45. The topological polar surface area (TPSA) is 51.0 Å². The second kappa shape index (κ2) is 7.84. The SMILES string of the molecule is Cc1cc(C)cc(OCCOc2ccc(Br)cc2C=NO)c1. The highest BCUT2D eigenvalue weighted by molar-refractivity contribution is 9.10. The molecule has 0 aliphatic rings. The van der Waals surface area contributed by atoms with Gasteiger partial charge in [-0.3, -0.25) is 0 Å². The van der Waals surface area contributed by atoms with Crippen molar-refractivity contribution in [1.29, 1.82) is 0 Å². The average molecular weight is 364 g/mol. The van der Waals surface area contributed by atoms with Crippen molar-refractivity contribution in [3.05, 3.63) is 57.6 Å². The Morgan fingerprint density at radius 2 is 1.73 bits per heavy atom. The molecule has 0 saturated heterocycles. The molecule has 0 atom stereocenters. The number of benzene rings is 2. The molecule has 0 fully saturated rings. The Labute approximate surface area is 138 Å². The van der Waals surface area contributed by atoms with Crippen molar-refractivity contribution >= 4 is 22.1 Å². The van der Waals surface area contributed by atoms with Gasteiger partial charge in [0.05, 0.1) is 6.21 Å². The van der Waals surface area contributed by atoms with Crippen LogP contribution in [0.1, 0.15) is 16.7 Å². The predicted octanol–water partition coefficient (Wildman–Crippen LogP) is 4.33. The van der Waals surface area contributed by atoms with E-state index in [-0.39, 0.29) is 0 Å². The summed E-state index contributed by atoms with van der Waals surface area (Å²) in [5, 5.41) is 11.7. The predicted molar refractivity (Wildman–Crippen MR) is 90.4 cm³/mol. The summed E-state index contributed by atoms with van der Waals surface area (Å²) in [4.78, 5) is 0. The van der Waals surface area contributed by atoms with E-state index in [1.54, 1.807) is 0 Å². The molecule has 0 aliphatic heterocycles. The molecule has 0 heterocycles. The third-order valence-corrected chi connectivity index (χ3v) is 3.47. The fourth-order valence-electron chi connectivity index (χ4n) is 2.14. The van der Waals surface area contributed by atoms with E-state index in [1.165, 1.54) is 17.3 Å². The molecule has 0 unspecified atom stereocenters. The molecule has 116 valence electrons. The third kappa shape index (κ3) is 4.77. The molecule has 0 saturated carbocycles. The van der Waals surface area contributed by atoms with Gasteiger partial charge in [-0.2, -0.15) is 0 Å². The summed E-state index contributed by atoms with van der Waals surface area (Å²) in [5.41, 5.74) is 3.04. The lowest BCUT2D eigenvalue weighted by Gasteiger charge is -2.11. The highest BCUT2D eigenvalue weighted by atomic mass is 79.9. The summed E-state index contributed by atoms with van der Waals surface area (Å²) in [6, 6.07) is 11.6. The van der Waals surface area contributed by atoms with Gasteiger partial charge in [0.15, 0.2) is 0 Å². The second-order valence-electron chi connectivity index (χ2n) is 4.95. The van der Waals surface area contributed by atoms with E-state index in [2.05, 4.69) is 27.2 Å². The van der Waals surface area contributed by atoms with Gasteiger partial charge >= 0.3 is 0 Å². The van der Waals surface area contributed by atoms with Crippen LogP contribution in [0.4, 0.5) is 0 Å². The van der Waals surface area contributed by atoms with Crippen LogP contribution >= 0.6 is 15.9 Å². The van der Waals surface area contributed by atoms with Crippen molar-refractivity contribution in [1.82, 2.24) is 0 Å². The first-order valence-electron chi connectivity index (χ1n) is 6.89. The highest BCUT2D eigenvalue weighted by Gasteiger charge is 2.03. The zero-order valence-electron chi connectivity index (χ0n) is 12.5. The van der Waals surface area contributed by atoms with Crippen molar-refractivity contribution in [2.24, 2.45) is 5.16 Å². The van der Waals surface area contributed by atoms with Crippen LogP contribution in [-0.4, -0.2) is 24.6 Å². The largest absolute Gasteiger partial charge is 0.490 e. The Morgan fingerprint density at radius 1 is 1.05 bits per heavy atom. The van der Waals surface area contributed by atoms with E-state index >= 15 is 0 Å². The minimum absolute atomic E-state index is 0.404. The van der Waals surface area contributed by atoms with Crippen molar-refractivity contribution in [3.8, 4) is 11.5 Å². The Bertz CT molecular complexity index is 651. The van der Waals surface area contributed by atoms with E-state index in [9.17, 15) is 0 Å². The van der Waals surface area contributed by atoms with Crippen molar-refractivity contribution in [3.63, 3.8) is 0 Å². The molecule has 1 N–H and O–H groups in total. The third-order valence-electron chi connectivity index (χ3n) is 2.97. The molecule has 4 nitrogen and oxygen atoms in total. The van der Waals surface area contributed by atoms with Gasteiger partial charge in [-0.05, 0) is 55.3 Å². The van der Waals surface area contributed by atoms with Crippen LogP contribution < -0.4 is 9.47 Å². The number of oxime groups is 1. The number of hydrogen-bond donors (Lipinski definition) is 1. The van der Waals surface area contributed by atoms with Crippen LogP contribution in [0, 0.1) is 13.8 Å². The Hall–Kier alpha value is -2.01. The van der Waals surface area contributed by atoms with Gasteiger partial charge in [-0.15, -0.1) is 0 Å². The molecule has 0 aromatic heterocycles. The molecule has 22 heavy (non-hydrogen) atoms. The minimum atomic E-state index is 0.404. The quantitative estimate of drug-likeness (QED) is 0.359. The summed E-state index contributed by atoms with van der Waals surface area (Å²) >= 11 is 3.37. The number of halogens is 1. The van der Waals surface area contributed by atoms with Crippen LogP contribution in [0.25, 0.3) is 0 Å². The summed E-state index contributed by atoms with van der Waals surface area (Å²) in [7, 11) is 0. The summed E-state index contributed by atoms with van der Waals surface area (Å²) in [6.45, 7) is 4.92. The zero-order chi connectivity index (χ0) is 15.9. The number of aryl methyl sites for hydroxylation is 2. The van der Waals surface area contributed by atoms with Gasteiger partial charge in [0, 0.05) is 10.0 Å². The normalized spacial score (nSPS) is 10.9. The number of rotatable bonds is 6. The minimum Gasteiger partial charge on any atom is -0.490 e. The first-order chi connectivity index (χ1) is 10.6. The fraction of sp³-hybridized carbons (Fsp3) is 0.235. The van der Waals surface area contributed by atoms with E-state index in [4.69, 9.17) is 14.7 Å². The van der Waals surface area contributed by atoms with Crippen molar-refractivity contribution in [2.75, 3.05) is 13.2 Å². The molecule has 0 radical (unpaired) electrons. The maximum atomic E-state index is 8.68. The zero-order valence-corrected chi connectivity index (χ0v) is 14.1. The van der Waals surface area contributed by atoms with E-state index in [0.717, 1.165) is 10.2 Å². The number of ether oxygens (including phenoxy) is 2. The van der Waals surface area contributed by atoms with E-state index in [1.807, 2.05) is 44.2 Å². The van der Waals surface area contributed by atoms with Gasteiger partial charge in [0.25, 0.3) is 0 Å². The lowest BCUT2D eigenvalue weighted by molar-refractivity contribution is 0.216. The fourth-order valence-corrected chi connectivity index (χ4v) is 2.52. The molecule has 0 aliphatic carbocycles. The lowest BCUT2D eigenvalue weighted by Crippen LogP contribution is -2.10.